The van der Waals surface area contributed by atoms with E-state index in [2.05, 4.69) is 0 Å². The van der Waals surface area contributed by atoms with E-state index in [9.17, 15) is 9.18 Å². The molecule has 1 heterocycles. The van der Waals surface area contributed by atoms with E-state index in [1.165, 1.54) is 12.1 Å². The van der Waals surface area contributed by atoms with Gasteiger partial charge in [0, 0.05) is 18.8 Å². The first-order valence-electron chi connectivity index (χ1n) is 5.42. The van der Waals surface area contributed by atoms with Crippen molar-refractivity contribution in [1.29, 1.82) is 0 Å². The number of nitrogens with two attached hydrogens (primary N) is 1. The van der Waals surface area contributed by atoms with Crippen molar-refractivity contribution in [3.8, 4) is 0 Å². The molecular weight excluding hydrogens is 255 g/mol. The van der Waals surface area contributed by atoms with Gasteiger partial charge in [0.2, 0.25) is 5.91 Å². The first-order chi connectivity index (χ1) is 7.92. The van der Waals surface area contributed by atoms with Gasteiger partial charge < -0.3 is 10.6 Å². The highest BCUT2D eigenvalue weighted by Crippen LogP contribution is 2.33. The monoisotopic (exact) mass is 272 g/mol. The molecule has 1 atom stereocenters. The van der Waals surface area contributed by atoms with Gasteiger partial charge in [0.15, 0.2) is 0 Å². The van der Waals surface area contributed by atoms with Crippen LogP contribution >= 0.6 is 11.6 Å². The molecule has 0 aliphatic carbocycles. The van der Waals surface area contributed by atoms with Crippen molar-refractivity contribution in [3.05, 3.63) is 29.0 Å². The third kappa shape index (κ3) is 2.58. The molecule has 100 valence electrons. The minimum atomic E-state index is -0.532. The molecule has 1 aromatic carbocycles. The second-order valence-corrected chi connectivity index (χ2v) is 5.10. The fourth-order valence-electron chi connectivity index (χ4n) is 2.06. The molecule has 2 rings (SSSR count). The standard InChI is InChI=1S/C12H14ClFN2O.CH4/c1-12(11(15)17)4-5-16(7-12)8-2-3-9(13)10(14)6-8;/h2-3,6H,4-5,7H2,1H3,(H2,15,17);1H4/t12-;/m0./s1. The zero-order valence-corrected chi connectivity index (χ0v) is 10.3. The van der Waals surface area contributed by atoms with E-state index in [1.54, 1.807) is 6.07 Å². The summed E-state index contributed by atoms with van der Waals surface area (Å²) >= 11 is 5.63. The van der Waals surface area contributed by atoms with Crippen LogP contribution in [0.1, 0.15) is 20.8 Å². The van der Waals surface area contributed by atoms with Crippen molar-refractivity contribution in [3.63, 3.8) is 0 Å². The van der Waals surface area contributed by atoms with Crippen LogP contribution in [0.5, 0.6) is 0 Å². The number of halogens is 2. The Hall–Kier alpha value is -1.29. The quantitative estimate of drug-likeness (QED) is 0.900. The molecular formula is C13H18ClFN2O. The van der Waals surface area contributed by atoms with Gasteiger partial charge in [-0.1, -0.05) is 19.0 Å². The predicted molar refractivity (Wildman–Crippen MR) is 72.3 cm³/mol. The summed E-state index contributed by atoms with van der Waals surface area (Å²) in [5.74, 6) is -0.758. The van der Waals surface area contributed by atoms with E-state index >= 15 is 0 Å². The van der Waals surface area contributed by atoms with Gasteiger partial charge in [-0.3, -0.25) is 4.79 Å². The number of hydrogen-bond acceptors (Lipinski definition) is 2. The molecule has 0 spiro atoms. The van der Waals surface area contributed by atoms with E-state index < -0.39 is 11.2 Å². The normalized spacial score (nSPS) is 22.7. The lowest BCUT2D eigenvalue weighted by Crippen LogP contribution is -2.37. The van der Waals surface area contributed by atoms with Crippen LogP contribution in [0.3, 0.4) is 0 Å². The Labute approximate surface area is 112 Å². The highest BCUT2D eigenvalue weighted by Gasteiger charge is 2.38. The molecule has 2 N–H and O–H groups in total. The minimum Gasteiger partial charge on any atom is -0.370 e. The maximum Gasteiger partial charge on any atom is 0.225 e. The zero-order chi connectivity index (χ0) is 12.6. The molecule has 0 saturated carbocycles. The molecule has 0 aromatic heterocycles. The van der Waals surface area contributed by atoms with Gasteiger partial charge in [-0.05, 0) is 31.5 Å². The highest BCUT2D eigenvalue weighted by atomic mass is 35.5. The van der Waals surface area contributed by atoms with E-state index in [0.29, 0.717) is 19.5 Å². The summed E-state index contributed by atoms with van der Waals surface area (Å²) < 4.78 is 13.3. The van der Waals surface area contributed by atoms with Crippen molar-refractivity contribution in [2.24, 2.45) is 11.1 Å². The Morgan fingerprint density at radius 3 is 2.72 bits per heavy atom. The van der Waals surface area contributed by atoms with Crippen LogP contribution in [0.25, 0.3) is 0 Å². The van der Waals surface area contributed by atoms with E-state index in [-0.39, 0.29) is 18.4 Å². The molecule has 1 saturated heterocycles. The first kappa shape index (κ1) is 14.8. The molecule has 1 aliphatic heterocycles. The van der Waals surface area contributed by atoms with Crippen LogP contribution < -0.4 is 10.6 Å². The number of anilines is 1. The number of carbonyl (C=O) groups excluding carboxylic acids is 1. The molecule has 5 heteroatoms. The Morgan fingerprint density at radius 2 is 2.22 bits per heavy atom. The predicted octanol–water partition coefficient (Wildman–Crippen LogP) is 2.82. The Kier molecular flexibility index (Phi) is 4.22. The number of nitrogens with zero attached hydrogens (tertiary/aromatic N) is 1. The van der Waals surface area contributed by atoms with Crippen molar-refractivity contribution >= 4 is 23.2 Å². The number of carbonyl (C=O) groups is 1. The lowest BCUT2D eigenvalue weighted by Gasteiger charge is -2.22. The van der Waals surface area contributed by atoms with Crippen LogP contribution in [0.15, 0.2) is 18.2 Å². The Bertz CT molecular complexity index is 466. The summed E-state index contributed by atoms with van der Waals surface area (Å²) in [5, 5.41) is 0.102. The average Bonchev–Trinajstić information content (AvgIpc) is 2.67. The zero-order valence-electron chi connectivity index (χ0n) is 9.54. The summed E-state index contributed by atoms with van der Waals surface area (Å²) in [5.41, 5.74) is 5.57. The maximum atomic E-state index is 13.3. The third-order valence-electron chi connectivity index (χ3n) is 3.34. The van der Waals surface area contributed by atoms with E-state index in [0.717, 1.165) is 5.69 Å². The van der Waals surface area contributed by atoms with E-state index in [1.807, 2.05) is 11.8 Å². The van der Waals surface area contributed by atoms with Crippen LogP contribution in [-0.2, 0) is 4.79 Å². The third-order valence-corrected chi connectivity index (χ3v) is 3.64. The first-order valence-corrected chi connectivity index (χ1v) is 5.80. The number of benzene rings is 1. The molecule has 3 nitrogen and oxygen atoms in total. The topological polar surface area (TPSA) is 46.3 Å². The van der Waals surface area contributed by atoms with Gasteiger partial charge in [-0.2, -0.15) is 0 Å². The summed E-state index contributed by atoms with van der Waals surface area (Å²) in [7, 11) is 0. The maximum absolute atomic E-state index is 13.3. The minimum absolute atomic E-state index is 0. The molecule has 1 amide bonds. The van der Waals surface area contributed by atoms with Gasteiger partial charge in [0.1, 0.15) is 5.82 Å². The molecule has 0 bridgehead atoms. The molecule has 0 radical (unpaired) electrons. The van der Waals surface area contributed by atoms with Crippen molar-refractivity contribution in [2.75, 3.05) is 18.0 Å². The van der Waals surface area contributed by atoms with Crippen molar-refractivity contribution in [2.45, 2.75) is 20.8 Å². The van der Waals surface area contributed by atoms with Crippen LogP contribution in [-0.4, -0.2) is 19.0 Å². The smallest absolute Gasteiger partial charge is 0.225 e. The fourth-order valence-corrected chi connectivity index (χ4v) is 2.18. The van der Waals surface area contributed by atoms with Crippen LogP contribution in [0.4, 0.5) is 10.1 Å². The number of hydrogen-bond donors (Lipinski definition) is 1. The molecule has 0 unspecified atom stereocenters. The van der Waals surface area contributed by atoms with Crippen LogP contribution in [0, 0.1) is 11.2 Å². The largest absolute Gasteiger partial charge is 0.370 e. The summed E-state index contributed by atoms with van der Waals surface area (Å²) in [6.45, 7) is 3.05. The van der Waals surface area contributed by atoms with Crippen molar-refractivity contribution in [1.82, 2.24) is 0 Å². The Balaban J connectivity index is 0.00000162. The van der Waals surface area contributed by atoms with Gasteiger partial charge >= 0.3 is 0 Å². The average molecular weight is 273 g/mol. The summed E-state index contributed by atoms with van der Waals surface area (Å²) in [6.07, 6.45) is 0.687. The van der Waals surface area contributed by atoms with Gasteiger partial charge in [-0.15, -0.1) is 0 Å². The molecule has 1 aromatic rings. The Morgan fingerprint density at radius 1 is 1.56 bits per heavy atom. The summed E-state index contributed by atoms with van der Waals surface area (Å²) in [4.78, 5) is 13.3. The SMILES string of the molecule is C.C[C@]1(C(N)=O)CCN(c2ccc(Cl)c(F)c2)C1. The molecule has 18 heavy (non-hydrogen) atoms. The second-order valence-electron chi connectivity index (χ2n) is 4.69. The molecule has 1 aliphatic rings. The van der Waals surface area contributed by atoms with E-state index in [4.69, 9.17) is 17.3 Å². The lowest BCUT2D eigenvalue weighted by molar-refractivity contribution is -0.125. The number of rotatable bonds is 2. The number of amides is 1. The van der Waals surface area contributed by atoms with Gasteiger partial charge in [-0.25, -0.2) is 4.39 Å². The number of primary amides is 1. The fraction of sp³-hybridized carbons (Fsp3) is 0.462. The summed E-state index contributed by atoms with van der Waals surface area (Å²) in [6, 6.07) is 4.65. The highest BCUT2D eigenvalue weighted by molar-refractivity contribution is 6.30. The van der Waals surface area contributed by atoms with Crippen molar-refractivity contribution < 1.29 is 9.18 Å². The lowest BCUT2D eigenvalue weighted by atomic mass is 9.89. The second kappa shape index (κ2) is 5.14. The van der Waals surface area contributed by atoms with Gasteiger partial charge in [0.05, 0.1) is 10.4 Å². The van der Waals surface area contributed by atoms with Gasteiger partial charge in [0.25, 0.3) is 0 Å². The van der Waals surface area contributed by atoms with Crippen LogP contribution in [0.2, 0.25) is 5.02 Å². The molecule has 1 fully saturated rings.